The van der Waals surface area contributed by atoms with Crippen LogP contribution in [-0.4, -0.2) is 13.5 Å². The van der Waals surface area contributed by atoms with Crippen LogP contribution in [0.1, 0.15) is 36.1 Å². The van der Waals surface area contributed by atoms with E-state index in [9.17, 15) is 0 Å². The van der Waals surface area contributed by atoms with Crippen LogP contribution in [0.5, 0.6) is 34.5 Å². The van der Waals surface area contributed by atoms with Crippen molar-refractivity contribution in [2.45, 2.75) is 32.4 Å². The van der Waals surface area contributed by atoms with E-state index in [4.69, 9.17) is 18.9 Å². The molecule has 49 heavy (non-hydrogen) atoms. The molecule has 6 aromatic rings. The van der Waals surface area contributed by atoms with Gasteiger partial charge >= 0.3 is 0 Å². The minimum Gasteiger partial charge on any atom is -0.473 e. The SMILES string of the molecule is CC(C)(c1ccc(Oc2ccc(N3COc4ccccc4C3)cc2)cc1)c1ccc(Oc2ccc(N3COc4ccccc4C3)cc2)cc1. The molecule has 2 heterocycles. The highest BCUT2D eigenvalue weighted by Gasteiger charge is 2.24. The Balaban J connectivity index is 0.870. The van der Waals surface area contributed by atoms with Gasteiger partial charge in [-0.25, -0.2) is 0 Å². The predicted molar refractivity (Wildman–Crippen MR) is 194 cm³/mol. The number of hydrogen-bond donors (Lipinski definition) is 0. The standard InChI is InChI=1S/C43H38N2O4/c1-43(2,33-11-19-37(20-12-33)48-39-23-15-35(16-24-39)44-27-31-7-3-5-9-41(31)46-29-44)34-13-21-38(22-14-34)49-40-25-17-36(18-26-40)45-28-32-8-4-6-10-42(32)47-30-45/h3-26H,27-30H2,1-2H3. The van der Waals surface area contributed by atoms with Gasteiger partial charge in [0, 0.05) is 41.0 Å². The highest BCUT2D eigenvalue weighted by atomic mass is 16.5. The zero-order chi connectivity index (χ0) is 33.2. The second-order valence-corrected chi connectivity index (χ2v) is 13.0. The first kappa shape index (κ1) is 30.5. The molecule has 0 unspecified atom stereocenters. The summed E-state index contributed by atoms with van der Waals surface area (Å²) >= 11 is 0. The van der Waals surface area contributed by atoms with E-state index in [1.165, 1.54) is 22.3 Å². The van der Waals surface area contributed by atoms with E-state index < -0.39 is 0 Å². The van der Waals surface area contributed by atoms with Gasteiger partial charge in [-0.15, -0.1) is 0 Å². The molecule has 0 saturated heterocycles. The fourth-order valence-electron chi connectivity index (χ4n) is 6.45. The fourth-order valence-corrected chi connectivity index (χ4v) is 6.45. The number of ether oxygens (including phenoxy) is 4. The summed E-state index contributed by atoms with van der Waals surface area (Å²) in [6, 6.07) is 49.5. The number of anilines is 2. The molecule has 0 N–H and O–H groups in total. The molecular weight excluding hydrogens is 608 g/mol. The van der Waals surface area contributed by atoms with Gasteiger partial charge in [0.2, 0.25) is 0 Å². The summed E-state index contributed by atoms with van der Waals surface area (Å²) in [7, 11) is 0. The first-order valence-corrected chi connectivity index (χ1v) is 16.7. The molecule has 2 aliphatic heterocycles. The van der Waals surface area contributed by atoms with E-state index in [0.29, 0.717) is 13.5 Å². The number of fused-ring (bicyclic) bond motifs is 2. The molecule has 6 aromatic carbocycles. The van der Waals surface area contributed by atoms with Crippen molar-refractivity contribution < 1.29 is 18.9 Å². The predicted octanol–water partition coefficient (Wildman–Crippen LogP) is 10.3. The van der Waals surface area contributed by atoms with Gasteiger partial charge in [0.05, 0.1) is 0 Å². The van der Waals surface area contributed by atoms with Gasteiger partial charge in [-0.05, 0) is 96.1 Å². The largest absolute Gasteiger partial charge is 0.473 e. The summed E-state index contributed by atoms with van der Waals surface area (Å²) in [5, 5.41) is 0. The average Bonchev–Trinajstić information content (AvgIpc) is 3.15. The molecule has 0 atom stereocenters. The summed E-state index contributed by atoms with van der Waals surface area (Å²) in [6.07, 6.45) is 0. The molecule has 2 aliphatic rings. The maximum atomic E-state index is 6.20. The molecule has 244 valence electrons. The Morgan fingerprint density at radius 3 is 1.18 bits per heavy atom. The van der Waals surface area contributed by atoms with Crippen LogP contribution in [0.4, 0.5) is 11.4 Å². The van der Waals surface area contributed by atoms with Crippen LogP contribution in [0.3, 0.4) is 0 Å². The number of rotatable bonds is 8. The van der Waals surface area contributed by atoms with E-state index in [0.717, 1.165) is 59.0 Å². The Morgan fingerprint density at radius 2 is 0.796 bits per heavy atom. The summed E-state index contributed by atoms with van der Waals surface area (Å²) in [4.78, 5) is 4.43. The molecule has 0 saturated carbocycles. The fraction of sp³-hybridized carbons (Fsp3) is 0.163. The van der Waals surface area contributed by atoms with Crippen LogP contribution in [0.2, 0.25) is 0 Å². The van der Waals surface area contributed by atoms with E-state index in [-0.39, 0.29) is 5.41 Å². The molecule has 0 radical (unpaired) electrons. The molecule has 8 rings (SSSR count). The minimum absolute atomic E-state index is 0.204. The molecule has 0 bridgehead atoms. The van der Waals surface area contributed by atoms with E-state index in [1.807, 2.05) is 84.9 Å². The Bertz CT molecular complexity index is 1890. The van der Waals surface area contributed by atoms with Crippen molar-refractivity contribution in [3.8, 4) is 34.5 Å². The normalized spacial score (nSPS) is 13.8. The Kier molecular flexibility index (Phi) is 8.06. The van der Waals surface area contributed by atoms with Gasteiger partial charge in [0.15, 0.2) is 13.5 Å². The molecule has 6 nitrogen and oxygen atoms in total. The van der Waals surface area contributed by atoms with Crippen LogP contribution in [0.25, 0.3) is 0 Å². The summed E-state index contributed by atoms with van der Waals surface area (Å²) in [6.45, 7) is 7.18. The second kappa shape index (κ2) is 13.0. The molecule has 0 aromatic heterocycles. The van der Waals surface area contributed by atoms with Crippen molar-refractivity contribution in [1.29, 1.82) is 0 Å². The minimum atomic E-state index is -0.204. The molecule has 0 fully saturated rings. The molecular formula is C43H38N2O4. The molecule has 0 spiro atoms. The van der Waals surface area contributed by atoms with Gasteiger partial charge in [-0.2, -0.15) is 0 Å². The third-order valence-corrected chi connectivity index (χ3v) is 9.45. The number of hydrogen-bond acceptors (Lipinski definition) is 6. The molecule has 0 aliphatic carbocycles. The average molecular weight is 647 g/mol. The van der Waals surface area contributed by atoms with Gasteiger partial charge in [-0.1, -0.05) is 74.5 Å². The molecule has 0 amide bonds. The third-order valence-electron chi connectivity index (χ3n) is 9.45. The molecule has 6 heteroatoms. The van der Waals surface area contributed by atoms with Crippen molar-refractivity contribution in [2.75, 3.05) is 23.3 Å². The highest BCUT2D eigenvalue weighted by molar-refractivity contribution is 5.54. The van der Waals surface area contributed by atoms with Gasteiger partial charge < -0.3 is 28.7 Å². The van der Waals surface area contributed by atoms with Gasteiger partial charge in [-0.3, -0.25) is 0 Å². The van der Waals surface area contributed by atoms with Crippen molar-refractivity contribution >= 4 is 11.4 Å². The lowest BCUT2D eigenvalue weighted by atomic mass is 9.78. The van der Waals surface area contributed by atoms with Gasteiger partial charge in [0.1, 0.15) is 34.5 Å². The number of nitrogens with zero attached hydrogens (tertiary/aromatic N) is 2. The topological polar surface area (TPSA) is 43.4 Å². The maximum absolute atomic E-state index is 6.20. The van der Waals surface area contributed by atoms with E-state index >= 15 is 0 Å². The number of benzene rings is 6. The van der Waals surface area contributed by atoms with E-state index in [2.05, 4.69) is 84.3 Å². The van der Waals surface area contributed by atoms with Crippen molar-refractivity contribution in [3.63, 3.8) is 0 Å². The second-order valence-electron chi connectivity index (χ2n) is 13.0. The monoisotopic (exact) mass is 646 g/mol. The summed E-state index contributed by atoms with van der Waals surface area (Å²) < 4.78 is 24.3. The third kappa shape index (κ3) is 6.50. The Hall–Kier alpha value is -5.88. The Morgan fingerprint density at radius 1 is 0.449 bits per heavy atom. The highest BCUT2D eigenvalue weighted by Crippen LogP contribution is 2.36. The first-order chi connectivity index (χ1) is 24.0. The maximum Gasteiger partial charge on any atom is 0.161 e. The lowest BCUT2D eigenvalue weighted by Gasteiger charge is -2.30. The number of para-hydroxylation sites is 2. The quantitative estimate of drug-likeness (QED) is 0.164. The van der Waals surface area contributed by atoms with Gasteiger partial charge in [0.25, 0.3) is 0 Å². The zero-order valence-electron chi connectivity index (χ0n) is 27.7. The summed E-state index contributed by atoms with van der Waals surface area (Å²) in [5.74, 6) is 5.12. The first-order valence-electron chi connectivity index (χ1n) is 16.7. The van der Waals surface area contributed by atoms with Crippen LogP contribution < -0.4 is 28.7 Å². The van der Waals surface area contributed by atoms with Crippen molar-refractivity contribution in [1.82, 2.24) is 0 Å². The lowest BCUT2D eigenvalue weighted by Crippen LogP contribution is -2.31. The summed E-state index contributed by atoms with van der Waals surface area (Å²) in [5.41, 5.74) is 6.79. The zero-order valence-corrected chi connectivity index (χ0v) is 27.7. The van der Waals surface area contributed by atoms with Crippen molar-refractivity contribution in [3.05, 3.63) is 168 Å². The van der Waals surface area contributed by atoms with Crippen LogP contribution in [-0.2, 0) is 18.5 Å². The van der Waals surface area contributed by atoms with E-state index in [1.54, 1.807) is 0 Å². The smallest absolute Gasteiger partial charge is 0.161 e. The lowest BCUT2D eigenvalue weighted by molar-refractivity contribution is 0.289. The Labute approximate surface area is 287 Å². The van der Waals surface area contributed by atoms with Crippen LogP contribution in [0.15, 0.2) is 146 Å². The van der Waals surface area contributed by atoms with Crippen LogP contribution >= 0.6 is 0 Å². The van der Waals surface area contributed by atoms with Crippen LogP contribution in [0, 0.1) is 0 Å². The van der Waals surface area contributed by atoms with Crippen molar-refractivity contribution in [2.24, 2.45) is 0 Å².